The minimum atomic E-state index is -0.328. The Hall–Kier alpha value is -2.59. The number of ether oxygens (including phenoxy) is 1. The summed E-state index contributed by atoms with van der Waals surface area (Å²) in [7, 11) is 0. The van der Waals surface area contributed by atoms with Gasteiger partial charge in [-0.25, -0.2) is 4.98 Å². The molecule has 1 aliphatic rings. The monoisotopic (exact) mass is 343 g/mol. The molecule has 134 valence electrons. The van der Waals surface area contributed by atoms with Crippen molar-refractivity contribution in [2.75, 3.05) is 50.8 Å². The van der Waals surface area contributed by atoms with E-state index in [2.05, 4.69) is 15.2 Å². The summed E-state index contributed by atoms with van der Waals surface area (Å²) in [4.78, 5) is 20.6. The van der Waals surface area contributed by atoms with E-state index in [1.165, 1.54) is 0 Å². The molecule has 1 amide bonds. The molecule has 0 spiro atoms. The standard InChI is InChI=1S/C18H25N5O2/c1-2-25-13-5-8-21-18(24)16(14-19)15-22-9-11-23(12-10-22)17-6-3-4-7-20-17/h3-4,6-7,15H,2,5,8-13H2,1H3,(H,21,24)/b16-15-. The lowest BCUT2D eigenvalue weighted by atomic mass is 10.2. The van der Waals surface area contributed by atoms with Gasteiger partial charge in [0.25, 0.3) is 5.91 Å². The quantitative estimate of drug-likeness (QED) is 0.433. The van der Waals surface area contributed by atoms with E-state index in [0.29, 0.717) is 19.8 Å². The molecule has 0 unspecified atom stereocenters. The second kappa shape index (κ2) is 10.3. The maximum atomic E-state index is 12.1. The Kier molecular flexibility index (Phi) is 7.73. The van der Waals surface area contributed by atoms with Gasteiger partial charge in [-0.05, 0) is 25.5 Å². The van der Waals surface area contributed by atoms with Gasteiger partial charge in [-0.3, -0.25) is 4.79 Å². The summed E-state index contributed by atoms with van der Waals surface area (Å²) in [5, 5.41) is 12.0. The van der Waals surface area contributed by atoms with Crippen LogP contribution < -0.4 is 10.2 Å². The van der Waals surface area contributed by atoms with Gasteiger partial charge in [-0.2, -0.15) is 5.26 Å². The summed E-state index contributed by atoms with van der Waals surface area (Å²) in [6, 6.07) is 7.85. The van der Waals surface area contributed by atoms with Crippen LogP contribution in [0.1, 0.15) is 13.3 Å². The average molecular weight is 343 g/mol. The van der Waals surface area contributed by atoms with Crippen LogP contribution in [0.3, 0.4) is 0 Å². The number of amides is 1. The molecule has 7 heteroatoms. The lowest BCUT2D eigenvalue weighted by Crippen LogP contribution is -2.44. The fourth-order valence-corrected chi connectivity index (χ4v) is 2.56. The maximum Gasteiger partial charge on any atom is 0.263 e. The van der Waals surface area contributed by atoms with Gasteiger partial charge in [-0.15, -0.1) is 0 Å². The number of hydrogen-bond acceptors (Lipinski definition) is 6. The highest BCUT2D eigenvalue weighted by atomic mass is 16.5. The molecule has 0 aromatic carbocycles. The molecule has 2 heterocycles. The summed E-state index contributed by atoms with van der Waals surface area (Å²) in [5.74, 6) is 0.629. The lowest BCUT2D eigenvalue weighted by Gasteiger charge is -2.34. The smallest absolute Gasteiger partial charge is 0.263 e. The summed E-state index contributed by atoms with van der Waals surface area (Å²) in [5.41, 5.74) is 0.141. The maximum absolute atomic E-state index is 12.1. The first-order chi connectivity index (χ1) is 12.2. The zero-order chi connectivity index (χ0) is 17.9. The Morgan fingerprint density at radius 2 is 2.20 bits per heavy atom. The van der Waals surface area contributed by atoms with Crippen LogP contribution in [0.4, 0.5) is 5.82 Å². The molecule has 1 fully saturated rings. The normalized spacial score (nSPS) is 15.0. The molecule has 0 radical (unpaired) electrons. The highest BCUT2D eigenvalue weighted by Gasteiger charge is 2.17. The van der Waals surface area contributed by atoms with Crippen LogP contribution >= 0.6 is 0 Å². The van der Waals surface area contributed by atoms with Crippen molar-refractivity contribution in [2.45, 2.75) is 13.3 Å². The Bertz CT molecular complexity index is 604. The van der Waals surface area contributed by atoms with Gasteiger partial charge in [0, 0.05) is 58.3 Å². The average Bonchev–Trinajstić information content (AvgIpc) is 2.67. The fourth-order valence-electron chi connectivity index (χ4n) is 2.56. The van der Waals surface area contributed by atoms with Crippen LogP contribution in [-0.2, 0) is 9.53 Å². The van der Waals surface area contributed by atoms with Gasteiger partial charge in [0.2, 0.25) is 0 Å². The van der Waals surface area contributed by atoms with Gasteiger partial charge in [-0.1, -0.05) is 6.07 Å². The topological polar surface area (TPSA) is 81.5 Å². The molecular formula is C18H25N5O2. The molecule has 0 bridgehead atoms. The Labute approximate surface area is 148 Å². The molecule has 1 saturated heterocycles. The first-order valence-corrected chi connectivity index (χ1v) is 8.62. The van der Waals surface area contributed by atoms with Crippen molar-refractivity contribution in [3.63, 3.8) is 0 Å². The van der Waals surface area contributed by atoms with Crippen LogP contribution in [0.25, 0.3) is 0 Å². The zero-order valence-corrected chi connectivity index (χ0v) is 14.6. The van der Waals surface area contributed by atoms with E-state index >= 15 is 0 Å². The van der Waals surface area contributed by atoms with Crippen molar-refractivity contribution in [1.82, 2.24) is 15.2 Å². The van der Waals surface area contributed by atoms with Crippen LogP contribution in [0, 0.1) is 11.3 Å². The van der Waals surface area contributed by atoms with E-state index in [4.69, 9.17) is 4.74 Å². The van der Waals surface area contributed by atoms with Gasteiger partial charge in [0.05, 0.1) is 0 Å². The van der Waals surface area contributed by atoms with Gasteiger partial charge < -0.3 is 19.9 Å². The molecule has 1 aromatic heterocycles. The molecule has 0 atom stereocenters. The first kappa shape index (κ1) is 18.7. The second-order valence-corrected chi connectivity index (χ2v) is 5.67. The van der Waals surface area contributed by atoms with Gasteiger partial charge in [0.1, 0.15) is 17.5 Å². The second-order valence-electron chi connectivity index (χ2n) is 5.67. The number of carbonyl (C=O) groups is 1. The van der Waals surface area contributed by atoms with Gasteiger partial charge >= 0.3 is 0 Å². The fraction of sp³-hybridized carbons (Fsp3) is 0.500. The molecule has 25 heavy (non-hydrogen) atoms. The zero-order valence-electron chi connectivity index (χ0n) is 14.6. The van der Waals surface area contributed by atoms with Crippen LogP contribution in [0.5, 0.6) is 0 Å². The van der Waals surface area contributed by atoms with E-state index < -0.39 is 0 Å². The molecule has 7 nitrogen and oxygen atoms in total. The lowest BCUT2D eigenvalue weighted by molar-refractivity contribution is -0.117. The van der Waals surface area contributed by atoms with Crippen LogP contribution in [0.15, 0.2) is 36.2 Å². The predicted molar refractivity (Wildman–Crippen MR) is 95.8 cm³/mol. The predicted octanol–water partition coefficient (Wildman–Crippen LogP) is 1.15. The Balaban J connectivity index is 1.80. The summed E-state index contributed by atoms with van der Waals surface area (Å²) >= 11 is 0. The number of aromatic nitrogens is 1. The van der Waals surface area contributed by atoms with Crippen LogP contribution in [-0.4, -0.2) is 61.7 Å². The Morgan fingerprint density at radius 1 is 1.40 bits per heavy atom. The highest BCUT2D eigenvalue weighted by Crippen LogP contribution is 2.13. The Morgan fingerprint density at radius 3 is 2.84 bits per heavy atom. The van der Waals surface area contributed by atoms with E-state index in [9.17, 15) is 10.1 Å². The van der Waals surface area contributed by atoms with Crippen molar-refractivity contribution in [1.29, 1.82) is 5.26 Å². The largest absolute Gasteiger partial charge is 0.382 e. The summed E-state index contributed by atoms with van der Waals surface area (Å²) in [6.07, 6.45) is 4.18. The van der Waals surface area contributed by atoms with Crippen molar-refractivity contribution < 1.29 is 9.53 Å². The number of nitrogens with zero attached hydrogens (tertiary/aromatic N) is 4. The molecule has 0 aliphatic carbocycles. The highest BCUT2D eigenvalue weighted by molar-refractivity contribution is 5.97. The van der Waals surface area contributed by atoms with E-state index in [1.54, 1.807) is 12.4 Å². The molecule has 1 aromatic rings. The SMILES string of the molecule is CCOCCCNC(=O)/C(C#N)=C\N1CCN(c2ccccn2)CC1. The number of nitriles is 1. The van der Waals surface area contributed by atoms with E-state index in [0.717, 1.165) is 38.4 Å². The molecular weight excluding hydrogens is 318 g/mol. The summed E-state index contributed by atoms with van der Waals surface area (Å²) in [6.45, 7) is 6.83. The number of pyridine rings is 1. The minimum absolute atomic E-state index is 0.141. The number of rotatable bonds is 8. The third-order valence-electron chi connectivity index (χ3n) is 3.92. The number of anilines is 1. The van der Waals surface area contributed by atoms with Crippen molar-refractivity contribution >= 4 is 11.7 Å². The third kappa shape index (κ3) is 6.08. The third-order valence-corrected chi connectivity index (χ3v) is 3.92. The van der Waals surface area contributed by atoms with Crippen molar-refractivity contribution in [3.8, 4) is 6.07 Å². The minimum Gasteiger partial charge on any atom is -0.382 e. The molecule has 1 aliphatic heterocycles. The van der Waals surface area contributed by atoms with E-state index in [1.807, 2.05) is 36.1 Å². The number of nitrogens with one attached hydrogen (secondary N) is 1. The molecule has 2 rings (SSSR count). The van der Waals surface area contributed by atoms with Crippen molar-refractivity contribution in [3.05, 3.63) is 36.2 Å². The number of hydrogen-bond donors (Lipinski definition) is 1. The first-order valence-electron chi connectivity index (χ1n) is 8.62. The van der Waals surface area contributed by atoms with Gasteiger partial charge in [0.15, 0.2) is 0 Å². The van der Waals surface area contributed by atoms with Crippen molar-refractivity contribution in [2.24, 2.45) is 0 Å². The molecule has 1 N–H and O–H groups in total. The summed E-state index contributed by atoms with van der Waals surface area (Å²) < 4.78 is 5.22. The molecule has 0 saturated carbocycles. The van der Waals surface area contributed by atoms with E-state index in [-0.39, 0.29) is 11.5 Å². The number of carbonyl (C=O) groups excluding carboxylic acids is 1. The van der Waals surface area contributed by atoms with Crippen LogP contribution in [0.2, 0.25) is 0 Å². The number of piperazine rings is 1.